The smallest absolute Gasteiger partial charge is 0.416 e. The van der Waals surface area contributed by atoms with E-state index in [0.717, 1.165) is 17.7 Å². The lowest BCUT2D eigenvalue weighted by Gasteiger charge is -2.30. The SMILES string of the molecule is Cc1nc(N[C@H](C)c2cc(N)cc(C(F)(F)F)c2)c2cc(C3=CCN(C(=O)OC(C)(C)C)CC3)n(C)c(=O)c2n1. The summed E-state index contributed by atoms with van der Waals surface area (Å²) in [4.78, 5) is 36.3. The van der Waals surface area contributed by atoms with Crippen LogP contribution in [-0.2, 0) is 18.0 Å². The molecule has 0 aliphatic carbocycles. The maximum absolute atomic E-state index is 13.4. The number of anilines is 2. The van der Waals surface area contributed by atoms with Crippen molar-refractivity contribution in [3.8, 4) is 0 Å². The normalized spacial score (nSPS) is 15.1. The molecule has 40 heavy (non-hydrogen) atoms. The Morgan fingerprint density at radius 3 is 2.45 bits per heavy atom. The van der Waals surface area contributed by atoms with Crippen molar-refractivity contribution < 1.29 is 22.7 Å². The summed E-state index contributed by atoms with van der Waals surface area (Å²) >= 11 is 0. The number of hydrogen-bond acceptors (Lipinski definition) is 7. The molecule has 3 N–H and O–H groups in total. The van der Waals surface area contributed by atoms with Crippen molar-refractivity contribution in [2.24, 2.45) is 7.05 Å². The van der Waals surface area contributed by atoms with Gasteiger partial charge in [0, 0.05) is 31.5 Å². The average molecular weight is 559 g/mol. The number of pyridine rings is 1. The molecule has 1 atom stereocenters. The quantitative estimate of drug-likeness (QED) is 0.410. The Balaban J connectivity index is 1.71. The van der Waals surface area contributed by atoms with Crippen LogP contribution in [0.4, 0.5) is 29.5 Å². The van der Waals surface area contributed by atoms with Crippen LogP contribution >= 0.6 is 0 Å². The number of alkyl halides is 3. The van der Waals surface area contributed by atoms with Crippen molar-refractivity contribution in [1.82, 2.24) is 19.4 Å². The van der Waals surface area contributed by atoms with Crippen molar-refractivity contribution in [3.63, 3.8) is 0 Å². The molecule has 9 nitrogen and oxygen atoms in total. The van der Waals surface area contributed by atoms with Gasteiger partial charge in [0.1, 0.15) is 22.8 Å². The summed E-state index contributed by atoms with van der Waals surface area (Å²) in [6.45, 7) is 9.48. The van der Waals surface area contributed by atoms with Crippen LogP contribution in [0.5, 0.6) is 0 Å². The third-order valence-corrected chi connectivity index (χ3v) is 6.56. The van der Waals surface area contributed by atoms with Crippen LogP contribution in [0.2, 0.25) is 0 Å². The lowest BCUT2D eigenvalue weighted by molar-refractivity contribution is -0.137. The zero-order valence-electron chi connectivity index (χ0n) is 23.3. The molecule has 0 bridgehead atoms. The number of hydrogen-bond donors (Lipinski definition) is 2. The van der Waals surface area contributed by atoms with Crippen molar-refractivity contribution >= 4 is 34.1 Å². The van der Waals surface area contributed by atoms with Gasteiger partial charge in [-0.2, -0.15) is 13.2 Å². The van der Waals surface area contributed by atoms with Crippen molar-refractivity contribution in [2.45, 2.75) is 58.9 Å². The number of carbonyl (C=O) groups is 1. The van der Waals surface area contributed by atoms with E-state index in [1.54, 1.807) is 52.6 Å². The highest BCUT2D eigenvalue weighted by molar-refractivity contribution is 5.91. The first kappa shape index (κ1) is 28.9. The molecule has 0 spiro atoms. The maximum atomic E-state index is 13.4. The van der Waals surface area contributed by atoms with Gasteiger partial charge in [-0.3, -0.25) is 4.79 Å². The number of halogens is 3. The molecule has 1 aromatic carbocycles. The lowest BCUT2D eigenvalue weighted by Crippen LogP contribution is -2.39. The van der Waals surface area contributed by atoms with E-state index in [9.17, 15) is 22.8 Å². The van der Waals surface area contributed by atoms with Gasteiger partial charge >= 0.3 is 12.3 Å². The fourth-order valence-electron chi connectivity index (χ4n) is 4.57. The second-order valence-corrected chi connectivity index (χ2v) is 10.9. The van der Waals surface area contributed by atoms with E-state index in [4.69, 9.17) is 10.5 Å². The van der Waals surface area contributed by atoms with Gasteiger partial charge in [-0.1, -0.05) is 6.08 Å². The Kier molecular flexibility index (Phi) is 7.57. The van der Waals surface area contributed by atoms with E-state index >= 15 is 0 Å². The third kappa shape index (κ3) is 6.21. The van der Waals surface area contributed by atoms with Gasteiger partial charge in [-0.05, 0) is 76.4 Å². The zero-order chi connectivity index (χ0) is 29.6. The van der Waals surface area contributed by atoms with E-state index in [-0.39, 0.29) is 16.8 Å². The molecular weight excluding hydrogens is 525 g/mol. The minimum absolute atomic E-state index is 0.0111. The van der Waals surface area contributed by atoms with Gasteiger partial charge in [0.2, 0.25) is 0 Å². The molecule has 4 rings (SSSR count). The summed E-state index contributed by atoms with van der Waals surface area (Å²) in [5.74, 6) is 0.650. The molecule has 2 aromatic heterocycles. The number of aromatic nitrogens is 3. The highest BCUT2D eigenvalue weighted by Gasteiger charge is 2.31. The Morgan fingerprint density at radius 1 is 1.15 bits per heavy atom. The number of nitrogen functional groups attached to an aromatic ring is 1. The monoisotopic (exact) mass is 558 g/mol. The number of nitrogens with two attached hydrogens (primary N) is 1. The molecule has 1 aliphatic rings. The minimum Gasteiger partial charge on any atom is -0.444 e. The number of carbonyl (C=O) groups excluding carboxylic acids is 1. The maximum Gasteiger partial charge on any atom is 0.416 e. The van der Waals surface area contributed by atoms with Gasteiger partial charge in [-0.25, -0.2) is 14.8 Å². The summed E-state index contributed by atoms with van der Waals surface area (Å²) < 4.78 is 47.1. The second-order valence-electron chi connectivity index (χ2n) is 10.9. The number of rotatable bonds is 4. The van der Waals surface area contributed by atoms with E-state index in [0.29, 0.717) is 47.8 Å². The zero-order valence-corrected chi connectivity index (χ0v) is 23.3. The molecule has 3 aromatic rings. The predicted molar refractivity (Wildman–Crippen MR) is 148 cm³/mol. The van der Waals surface area contributed by atoms with Gasteiger partial charge < -0.3 is 25.3 Å². The topological polar surface area (TPSA) is 115 Å². The predicted octanol–water partition coefficient (Wildman–Crippen LogP) is 5.44. The Morgan fingerprint density at radius 2 is 1.85 bits per heavy atom. The number of aryl methyl sites for hydroxylation is 1. The fraction of sp³-hybridized carbons (Fsp3) is 0.429. The first-order valence-electron chi connectivity index (χ1n) is 12.8. The summed E-state index contributed by atoms with van der Waals surface area (Å²) in [5, 5.41) is 3.59. The van der Waals surface area contributed by atoms with Crippen molar-refractivity contribution in [2.75, 3.05) is 24.1 Å². The number of nitrogens with one attached hydrogen (secondary N) is 1. The van der Waals surface area contributed by atoms with Gasteiger partial charge in [0.05, 0.1) is 17.0 Å². The lowest BCUT2D eigenvalue weighted by atomic mass is 10.0. The summed E-state index contributed by atoms with van der Waals surface area (Å²) in [6.07, 6.45) is -2.58. The third-order valence-electron chi connectivity index (χ3n) is 6.56. The fourth-order valence-corrected chi connectivity index (χ4v) is 4.57. The van der Waals surface area contributed by atoms with E-state index in [2.05, 4.69) is 15.3 Å². The average Bonchev–Trinajstić information content (AvgIpc) is 2.84. The molecule has 0 saturated heterocycles. The largest absolute Gasteiger partial charge is 0.444 e. The number of benzene rings is 1. The van der Waals surface area contributed by atoms with E-state index < -0.39 is 29.5 Å². The Labute approximate surface area is 229 Å². The van der Waals surface area contributed by atoms with Crippen molar-refractivity contribution in [1.29, 1.82) is 0 Å². The molecule has 214 valence electrons. The summed E-state index contributed by atoms with van der Waals surface area (Å²) in [7, 11) is 1.65. The van der Waals surface area contributed by atoms with Crippen LogP contribution < -0.4 is 16.6 Å². The van der Waals surface area contributed by atoms with Crippen LogP contribution in [0.25, 0.3) is 16.5 Å². The molecule has 1 amide bonds. The van der Waals surface area contributed by atoms with Crippen molar-refractivity contribution in [3.05, 3.63) is 63.3 Å². The Hall–Kier alpha value is -4.09. The van der Waals surface area contributed by atoms with E-state index in [1.165, 1.54) is 10.6 Å². The number of amides is 1. The van der Waals surface area contributed by atoms with Crippen LogP contribution in [0.15, 0.2) is 35.1 Å². The molecule has 0 unspecified atom stereocenters. The molecule has 12 heteroatoms. The van der Waals surface area contributed by atoms with Crippen LogP contribution in [-0.4, -0.2) is 44.2 Å². The minimum atomic E-state index is -4.55. The molecule has 1 aliphatic heterocycles. The summed E-state index contributed by atoms with van der Waals surface area (Å²) in [5.41, 5.74) is 5.96. The van der Waals surface area contributed by atoms with Crippen LogP contribution in [0.1, 0.15) is 62.8 Å². The Bertz CT molecular complexity index is 1560. The van der Waals surface area contributed by atoms with Crippen LogP contribution in [0, 0.1) is 6.92 Å². The summed E-state index contributed by atoms with van der Waals surface area (Å²) in [6, 6.07) is 4.57. The number of nitrogens with zero attached hydrogens (tertiary/aromatic N) is 4. The van der Waals surface area contributed by atoms with Crippen LogP contribution in [0.3, 0.4) is 0 Å². The molecule has 3 heterocycles. The highest BCUT2D eigenvalue weighted by atomic mass is 19.4. The molecular formula is C28H33F3N6O3. The molecule has 0 radical (unpaired) electrons. The van der Waals surface area contributed by atoms with E-state index in [1.807, 2.05) is 6.08 Å². The number of ether oxygens (including phenoxy) is 1. The number of fused-ring (bicyclic) bond motifs is 1. The van der Waals surface area contributed by atoms with Gasteiger partial charge in [-0.15, -0.1) is 0 Å². The second kappa shape index (κ2) is 10.5. The molecule has 0 saturated carbocycles. The molecule has 0 fully saturated rings. The van der Waals surface area contributed by atoms with Gasteiger partial charge in [0.15, 0.2) is 0 Å². The highest BCUT2D eigenvalue weighted by Crippen LogP contribution is 2.34. The van der Waals surface area contributed by atoms with Gasteiger partial charge in [0.25, 0.3) is 5.56 Å². The standard InChI is InChI=1S/C28H33F3N6O3/c1-15(18-11-19(28(29,30)31)13-20(32)12-18)33-24-21-14-22(36(6)25(38)23(21)34-16(2)35-24)17-7-9-37(10-8-17)26(39)40-27(3,4)5/h7,11-15H,8-10,32H2,1-6H3,(H,33,34,35)/t15-/m1/s1. The first-order valence-corrected chi connectivity index (χ1v) is 12.8. The first-order chi connectivity index (χ1) is 18.5.